The molecule has 0 aliphatic rings. The minimum absolute atomic E-state index is 0.00346. The lowest BCUT2D eigenvalue weighted by Crippen LogP contribution is -2.08. The highest BCUT2D eigenvalue weighted by molar-refractivity contribution is 5.83. The molecule has 0 aliphatic carbocycles. The summed E-state index contributed by atoms with van der Waals surface area (Å²) in [5.74, 6) is 0.538. The van der Waals surface area contributed by atoms with E-state index >= 15 is 0 Å². The Labute approximate surface area is 106 Å². The zero-order valence-electron chi connectivity index (χ0n) is 10.7. The zero-order chi connectivity index (χ0) is 13.1. The maximum Gasteiger partial charge on any atom is 0.174 e. The molecule has 0 aliphatic heterocycles. The number of hydrogen-bond donors (Lipinski definition) is 0. The van der Waals surface area contributed by atoms with E-state index in [1.165, 1.54) is 6.92 Å². The van der Waals surface area contributed by atoms with Crippen LogP contribution in [0.2, 0.25) is 0 Å². The Hall–Kier alpha value is -2.10. The van der Waals surface area contributed by atoms with Crippen LogP contribution >= 0.6 is 0 Å². The van der Waals surface area contributed by atoms with Gasteiger partial charge in [0.25, 0.3) is 0 Å². The highest BCUT2D eigenvalue weighted by Crippen LogP contribution is 2.21. The van der Waals surface area contributed by atoms with Crippen LogP contribution in [0.4, 0.5) is 5.82 Å². The molecular weight excluding hydrogens is 226 g/mol. The molecule has 1 heterocycles. The van der Waals surface area contributed by atoms with Gasteiger partial charge in [-0.25, -0.2) is 4.98 Å². The first kappa shape index (κ1) is 12.4. The molecule has 0 amide bonds. The van der Waals surface area contributed by atoms with E-state index in [4.69, 9.17) is 0 Å². The highest BCUT2D eigenvalue weighted by atomic mass is 16.1. The van der Waals surface area contributed by atoms with Crippen molar-refractivity contribution in [3.63, 3.8) is 0 Å². The normalized spacial score (nSPS) is 13.1. The number of Topliss-reactive ketones (excluding diaryl/α,β-unsaturated/α-hetero) is 1. The molecular formula is C14H15N3O. The number of rotatable bonds is 3. The smallest absolute Gasteiger partial charge is 0.174 e. The maximum absolute atomic E-state index is 11.1. The van der Waals surface area contributed by atoms with Crippen LogP contribution < -0.4 is 0 Å². The van der Waals surface area contributed by atoms with E-state index in [2.05, 4.69) is 15.2 Å². The van der Waals surface area contributed by atoms with E-state index in [1.54, 1.807) is 6.92 Å². The van der Waals surface area contributed by atoms with E-state index in [1.807, 2.05) is 37.3 Å². The van der Waals surface area contributed by atoms with Crippen molar-refractivity contribution in [2.45, 2.75) is 26.8 Å². The molecule has 2 rings (SSSR count). The van der Waals surface area contributed by atoms with Crippen LogP contribution in [0.15, 0.2) is 40.6 Å². The topological polar surface area (TPSA) is 54.7 Å². The quantitative estimate of drug-likeness (QED) is 0.771. The predicted octanol–water partition coefficient (Wildman–Crippen LogP) is 3.60. The molecule has 18 heavy (non-hydrogen) atoms. The van der Waals surface area contributed by atoms with Gasteiger partial charge in [-0.1, -0.05) is 18.2 Å². The van der Waals surface area contributed by atoms with Crippen LogP contribution in [-0.2, 0) is 4.79 Å². The van der Waals surface area contributed by atoms with Crippen LogP contribution in [0.1, 0.15) is 19.4 Å². The van der Waals surface area contributed by atoms with Gasteiger partial charge in [0, 0.05) is 5.39 Å². The molecule has 0 saturated carbocycles. The SMILES string of the molecule is CC(=O)C(C)N=Nc1cc(C)c2ccccc2n1. The van der Waals surface area contributed by atoms with Gasteiger partial charge in [0.1, 0.15) is 6.04 Å². The summed E-state index contributed by atoms with van der Waals surface area (Å²) in [4.78, 5) is 15.5. The minimum atomic E-state index is -0.418. The molecule has 1 unspecified atom stereocenters. The van der Waals surface area contributed by atoms with Crippen molar-refractivity contribution >= 4 is 22.5 Å². The van der Waals surface area contributed by atoms with Crippen LogP contribution in [-0.4, -0.2) is 16.8 Å². The molecule has 4 nitrogen and oxygen atoms in total. The second-order valence-electron chi connectivity index (χ2n) is 4.32. The third-order valence-corrected chi connectivity index (χ3v) is 2.83. The summed E-state index contributed by atoms with van der Waals surface area (Å²) >= 11 is 0. The lowest BCUT2D eigenvalue weighted by atomic mass is 10.1. The van der Waals surface area contributed by atoms with Gasteiger partial charge in [-0.15, -0.1) is 5.11 Å². The number of carbonyl (C=O) groups is 1. The van der Waals surface area contributed by atoms with E-state index in [0.717, 1.165) is 16.5 Å². The van der Waals surface area contributed by atoms with E-state index in [0.29, 0.717) is 5.82 Å². The van der Waals surface area contributed by atoms with Crippen LogP contribution in [0.5, 0.6) is 0 Å². The van der Waals surface area contributed by atoms with Gasteiger partial charge in [0.15, 0.2) is 11.6 Å². The number of nitrogens with zero attached hydrogens (tertiary/aromatic N) is 3. The summed E-state index contributed by atoms with van der Waals surface area (Å²) in [6.07, 6.45) is 0. The Morgan fingerprint density at radius 3 is 2.78 bits per heavy atom. The molecule has 0 fully saturated rings. The highest BCUT2D eigenvalue weighted by Gasteiger charge is 2.05. The monoisotopic (exact) mass is 241 g/mol. The van der Waals surface area contributed by atoms with Gasteiger partial charge in [-0.2, -0.15) is 5.11 Å². The summed E-state index contributed by atoms with van der Waals surface area (Å²) in [6, 6.07) is 9.34. The van der Waals surface area contributed by atoms with Gasteiger partial charge in [0.05, 0.1) is 5.52 Å². The fourth-order valence-corrected chi connectivity index (χ4v) is 1.61. The maximum atomic E-state index is 11.1. The molecule has 92 valence electrons. The Morgan fingerprint density at radius 1 is 1.33 bits per heavy atom. The summed E-state index contributed by atoms with van der Waals surface area (Å²) in [6.45, 7) is 5.24. The lowest BCUT2D eigenvalue weighted by molar-refractivity contribution is -0.117. The second kappa shape index (κ2) is 5.04. The van der Waals surface area contributed by atoms with Crippen molar-refractivity contribution in [2.75, 3.05) is 0 Å². The number of pyridine rings is 1. The number of ketones is 1. The summed E-state index contributed by atoms with van der Waals surface area (Å²) < 4.78 is 0. The molecule has 0 N–H and O–H groups in total. The van der Waals surface area contributed by atoms with Crippen molar-refractivity contribution < 1.29 is 4.79 Å². The molecule has 1 aromatic heterocycles. The summed E-state index contributed by atoms with van der Waals surface area (Å²) in [5.41, 5.74) is 1.99. The average Bonchev–Trinajstić information content (AvgIpc) is 2.36. The van der Waals surface area contributed by atoms with Crippen molar-refractivity contribution in [1.82, 2.24) is 4.98 Å². The van der Waals surface area contributed by atoms with Crippen molar-refractivity contribution in [3.05, 3.63) is 35.9 Å². The molecule has 1 aromatic carbocycles. The second-order valence-corrected chi connectivity index (χ2v) is 4.32. The number of hydrogen-bond acceptors (Lipinski definition) is 4. The average molecular weight is 241 g/mol. The number of benzene rings is 1. The molecule has 4 heteroatoms. The van der Waals surface area contributed by atoms with Crippen LogP contribution in [0, 0.1) is 6.92 Å². The fraction of sp³-hybridized carbons (Fsp3) is 0.286. The van der Waals surface area contributed by atoms with Crippen LogP contribution in [0.25, 0.3) is 10.9 Å². The third kappa shape index (κ3) is 2.59. The standard InChI is InChI=1S/C14H15N3O/c1-9-8-14(17-16-10(2)11(3)18)15-13-7-5-4-6-12(9)13/h4-8,10H,1-3H3. The Balaban J connectivity index is 2.38. The predicted molar refractivity (Wildman–Crippen MR) is 71.1 cm³/mol. The third-order valence-electron chi connectivity index (χ3n) is 2.83. The van der Waals surface area contributed by atoms with Gasteiger partial charge in [-0.3, -0.25) is 4.79 Å². The molecule has 0 radical (unpaired) electrons. The number of aryl methyl sites for hydroxylation is 1. The number of aromatic nitrogens is 1. The first-order chi connectivity index (χ1) is 8.58. The van der Waals surface area contributed by atoms with Gasteiger partial charge >= 0.3 is 0 Å². The first-order valence-electron chi connectivity index (χ1n) is 5.85. The summed E-state index contributed by atoms with van der Waals surface area (Å²) in [7, 11) is 0. The summed E-state index contributed by atoms with van der Waals surface area (Å²) in [5, 5.41) is 9.09. The number of para-hydroxylation sites is 1. The first-order valence-corrected chi connectivity index (χ1v) is 5.85. The van der Waals surface area contributed by atoms with Gasteiger partial charge in [-0.05, 0) is 38.5 Å². The molecule has 0 saturated heterocycles. The fourth-order valence-electron chi connectivity index (χ4n) is 1.61. The Bertz CT molecular complexity index is 619. The Morgan fingerprint density at radius 2 is 2.06 bits per heavy atom. The van der Waals surface area contributed by atoms with Crippen molar-refractivity contribution in [3.8, 4) is 0 Å². The molecule has 2 aromatic rings. The largest absolute Gasteiger partial charge is 0.298 e. The Kier molecular flexibility index (Phi) is 3.46. The number of carbonyl (C=O) groups excluding carboxylic acids is 1. The van der Waals surface area contributed by atoms with E-state index in [-0.39, 0.29) is 5.78 Å². The van der Waals surface area contributed by atoms with Crippen molar-refractivity contribution in [2.24, 2.45) is 10.2 Å². The van der Waals surface area contributed by atoms with Gasteiger partial charge in [0.2, 0.25) is 0 Å². The molecule has 0 bridgehead atoms. The molecule has 0 spiro atoms. The van der Waals surface area contributed by atoms with Crippen molar-refractivity contribution in [1.29, 1.82) is 0 Å². The van der Waals surface area contributed by atoms with E-state index in [9.17, 15) is 4.79 Å². The minimum Gasteiger partial charge on any atom is -0.298 e. The van der Waals surface area contributed by atoms with Crippen LogP contribution in [0.3, 0.4) is 0 Å². The van der Waals surface area contributed by atoms with Gasteiger partial charge < -0.3 is 0 Å². The zero-order valence-corrected chi connectivity index (χ0v) is 10.7. The number of azo groups is 1. The lowest BCUT2D eigenvalue weighted by Gasteiger charge is -2.03. The molecule has 1 atom stereocenters. The van der Waals surface area contributed by atoms with E-state index < -0.39 is 6.04 Å². The number of fused-ring (bicyclic) bond motifs is 1.